The Balaban J connectivity index is 1.76. The van der Waals surface area contributed by atoms with Gasteiger partial charge in [-0.3, -0.25) is 9.59 Å². The van der Waals surface area contributed by atoms with Gasteiger partial charge in [0, 0.05) is 23.0 Å². The molecule has 0 heterocycles. The van der Waals surface area contributed by atoms with E-state index in [1.165, 1.54) is 12.1 Å². The molecule has 1 atom stereocenters. The Bertz CT molecular complexity index is 1220. The molecule has 10 heteroatoms. The fourth-order valence-electron chi connectivity index (χ4n) is 3.13. The van der Waals surface area contributed by atoms with Crippen LogP contribution >= 0.6 is 15.9 Å². The molecule has 188 valence electrons. The third kappa shape index (κ3) is 7.81. The summed E-state index contributed by atoms with van der Waals surface area (Å²) >= 11 is 3.34. The van der Waals surface area contributed by atoms with E-state index in [2.05, 4.69) is 26.6 Å². The predicted molar refractivity (Wildman–Crippen MR) is 137 cm³/mol. The molecule has 0 radical (unpaired) electrons. The number of anilines is 2. The van der Waals surface area contributed by atoms with Crippen molar-refractivity contribution in [3.05, 3.63) is 88.1 Å². The number of para-hydroxylation sites is 1. The minimum Gasteiger partial charge on any atom is -0.445 e. The number of nitrogens with two attached hydrogens (primary N) is 1. The maximum absolute atomic E-state index is 14.3. The van der Waals surface area contributed by atoms with Gasteiger partial charge in [-0.15, -0.1) is 0 Å². The highest BCUT2D eigenvalue weighted by Gasteiger charge is 2.24. The molecule has 3 aromatic carbocycles. The molecule has 0 aromatic heterocycles. The Morgan fingerprint density at radius 1 is 1.00 bits per heavy atom. The highest BCUT2D eigenvalue weighted by Crippen LogP contribution is 2.28. The first-order chi connectivity index (χ1) is 17.2. The number of alkyl carbamates (subject to hydrolysis) is 1. The molecule has 0 bridgehead atoms. The van der Waals surface area contributed by atoms with Crippen LogP contribution in [0, 0.1) is 5.82 Å². The number of ether oxygens (including phenoxy) is 2. The number of halogens is 2. The van der Waals surface area contributed by atoms with Crippen molar-refractivity contribution < 1.29 is 28.2 Å². The van der Waals surface area contributed by atoms with E-state index < -0.39 is 35.6 Å². The van der Waals surface area contributed by atoms with Crippen LogP contribution < -0.4 is 21.1 Å². The van der Waals surface area contributed by atoms with Gasteiger partial charge < -0.3 is 25.8 Å². The molecule has 0 aliphatic heterocycles. The summed E-state index contributed by atoms with van der Waals surface area (Å²) in [6.45, 7) is 1.56. The van der Waals surface area contributed by atoms with E-state index in [1.807, 2.05) is 12.1 Å². The molecule has 0 aliphatic rings. The second-order valence-corrected chi connectivity index (χ2v) is 8.69. The largest absolute Gasteiger partial charge is 0.445 e. The van der Waals surface area contributed by atoms with Crippen molar-refractivity contribution in [3.63, 3.8) is 0 Å². The Kier molecular flexibility index (Phi) is 9.40. The van der Waals surface area contributed by atoms with Crippen LogP contribution in [0.4, 0.5) is 20.6 Å². The molecule has 3 aromatic rings. The minimum absolute atomic E-state index is 0.00363. The van der Waals surface area contributed by atoms with Gasteiger partial charge in [0.25, 0.3) is 0 Å². The topological polar surface area (TPSA) is 120 Å². The van der Waals surface area contributed by atoms with E-state index in [9.17, 15) is 18.8 Å². The van der Waals surface area contributed by atoms with Crippen molar-refractivity contribution in [1.82, 2.24) is 5.32 Å². The average molecular weight is 558 g/mol. The maximum Gasteiger partial charge on any atom is 0.408 e. The number of carbonyl (C=O) groups excluding carboxylic acids is 3. The summed E-state index contributed by atoms with van der Waals surface area (Å²) in [6, 6.07) is 16.8. The number of hydrogen-bond donors (Lipinski definition) is 3. The summed E-state index contributed by atoms with van der Waals surface area (Å²) in [5.41, 5.74) is 7.71. The molecule has 0 saturated heterocycles. The number of rotatable bonds is 9. The molecule has 0 saturated carbocycles. The lowest BCUT2D eigenvalue weighted by molar-refractivity contribution is -0.134. The number of nitrogens with one attached hydrogen (secondary N) is 2. The summed E-state index contributed by atoms with van der Waals surface area (Å²) < 4.78 is 25.6. The Morgan fingerprint density at radius 2 is 1.67 bits per heavy atom. The van der Waals surface area contributed by atoms with E-state index in [-0.39, 0.29) is 25.1 Å². The molecule has 3 rings (SSSR count). The van der Waals surface area contributed by atoms with Gasteiger partial charge in [0.2, 0.25) is 5.91 Å². The second kappa shape index (κ2) is 12.7. The van der Waals surface area contributed by atoms with Gasteiger partial charge in [-0.25, -0.2) is 9.18 Å². The van der Waals surface area contributed by atoms with Crippen LogP contribution in [0.15, 0.2) is 71.2 Å². The molecule has 0 aliphatic carbocycles. The first-order valence-electron chi connectivity index (χ1n) is 11.1. The number of benzene rings is 3. The van der Waals surface area contributed by atoms with Gasteiger partial charge in [-0.2, -0.15) is 0 Å². The number of esters is 1. The highest BCUT2D eigenvalue weighted by molar-refractivity contribution is 9.10. The van der Waals surface area contributed by atoms with Crippen molar-refractivity contribution in [2.24, 2.45) is 0 Å². The first-order valence-corrected chi connectivity index (χ1v) is 11.9. The Morgan fingerprint density at radius 3 is 2.33 bits per heavy atom. The van der Waals surface area contributed by atoms with Crippen LogP contribution in [-0.2, 0) is 27.4 Å². The van der Waals surface area contributed by atoms with Gasteiger partial charge in [-0.05, 0) is 47.5 Å². The van der Waals surface area contributed by atoms with Crippen molar-refractivity contribution in [2.75, 3.05) is 11.1 Å². The van der Waals surface area contributed by atoms with E-state index >= 15 is 0 Å². The summed E-state index contributed by atoms with van der Waals surface area (Å²) in [5.74, 6) is -2.54. The van der Waals surface area contributed by atoms with E-state index in [0.29, 0.717) is 5.69 Å². The van der Waals surface area contributed by atoms with Crippen LogP contribution in [0.1, 0.15) is 24.5 Å². The summed E-state index contributed by atoms with van der Waals surface area (Å²) in [5, 5.41) is 5.09. The second-order valence-electron chi connectivity index (χ2n) is 7.78. The van der Waals surface area contributed by atoms with E-state index in [4.69, 9.17) is 15.2 Å². The smallest absolute Gasteiger partial charge is 0.408 e. The van der Waals surface area contributed by atoms with E-state index in [1.54, 1.807) is 43.3 Å². The standard InChI is InChI=1S/C26H25BrFN3O5/c1-2-23(32)36-24-20(28)4-3-5-21(24)30-25(33)22(14-16-8-12-19(29)13-9-16)31-26(34)35-15-17-6-10-18(27)11-7-17/h3-13,22H,2,14-15,29H2,1H3,(H,30,33)(H,31,34)/t22-/m0/s1. The first kappa shape index (κ1) is 26.7. The normalized spacial score (nSPS) is 11.3. The lowest BCUT2D eigenvalue weighted by Gasteiger charge is -2.20. The minimum atomic E-state index is -1.09. The lowest BCUT2D eigenvalue weighted by Crippen LogP contribution is -2.45. The van der Waals surface area contributed by atoms with Gasteiger partial charge in [-0.1, -0.05) is 53.2 Å². The zero-order valence-electron chi connectivity index (χ0n) is 19.4. The Labute approximate surface area is 216 Å². The molecule has 0 spiro atoms. The molecule has 4 N–H and O–H groups in total. The number of nitrogen functional groups attached to an aromatic ring is 1. The lowest BCUT2D eigenvalue weighted by atomic mass is 10.0. The van der Waals surface area contributed by atoms with Crippen LogP contribution in [0.5, 0.6) is 5.75 Å². The maximum atomic E-state index is 14.3. The van der Waals surface area contributed by atoms with Crippen molar-refractivity contribution >= 4 is 45.3 Å². The van der Waals surface area contributed by atoms with E-state index in [0.717, 1.165) is 21.7 Å². The molecular formula is C26H25BrFN3O5. The summed E-state index contributed by atoms with van der Waals surface area (Å²) in [6.07, 6.45) is -0.697. The number of amides is 2. The molecule has 8 nitrogen and oxygen atoms in total. The fraction of sp³-hybridized carbons (Fsp3) is 0.192. The fourth-order valence-corrected chi connectivity index (χ4v) is 3.39. The van der Waals surface area contributed by atoms with Gasteiger partial charge >= 0.3 is 12.1 Å². The molecule has 0 fully saturated rings. The van der Waals surface area contributed by atoms with Gasteiger partial charge in [0.05, 0.1) is 5.69 Å². The number of carbonyl (C=O) groups is 3. The van der Waals surface area contributed by atoms with Gasteiger partial charge in [0.1, 0.15) is 12.6 Å². The SMILES string of the molecule is CCC(=O)Oc1c(F)cccc1NC(=O)[C@H](Cc1ccc(N)cc1)NC(=O)OCc1ccc(Br)cc1. The number of hydrogen-bond acceptors (Lipinski definition) is 6. The zero-order valence-corrected chi connectivity index (χ0v) is 21.0. The predicted octanol–water partition coefficient (Wildman–Crippen LogP) is 4.96. The van der Waals surface area contributed by atoms with Crippen LogP contribution in [-0.4, -0.2) is 24.0 Å². The highest BCUT2D eigenvalue weighted by atomic mass is 79.9. The van der Waals surface area contributed by atoms with Crippen LogP contribution in [0.3, 0.4) is 0 Å². The summed E-state index contributed by atoms with van der Waals surface area (Å²) in [7, 11) is 0. The van der Waals surface area contributed by atoms with Gasteiger partial charge in [0.15, 0.2) is 11.6 Å². The zero-order chi connectivity index (χ0) is 26.1. The Hall–Kier alpha value is -3.92. The van der Waals surface area contributed by atoms with Crippen molar-refractivity contribution in [3.8, 4) is 5.75 Å². The molecule has 36 heavy (non-hydrogen) atoms. The quantitative estimate of drug-likeness (QED) is 0.194. The van der Waals surface area contributed by atoms with Crippen molar-refractivity contribution in [2.45, 2.75) is 32.4 Å². The third-order valence-corrected chi connectivity index (χ3v) is 5.57. The van der Waals surface area contributed by atoms with Crippen LogP contribution in [0.25, 0.3) is 0 Å². The average Bonchev–Trinajstić information content (AvgIpc) is 2.86. The molecular weight excluding hydrogens is 533 g/mol. The molecule has 2 amide bonds. The van der Waals surface area contributed by atoms with Crippen molar-refractivity contribution in [1.29, 1.82) is 0 Å². The van der Waals surface area contributed by atoms with Crippen LogP contribution in [0.2, 0.25) is 0 Å². The molecule has 0 unspecified atom stereocenters. The third-order valence-electron chi connectivity index (χ3n) is 5.04. The summed E-state index contributed by atoms with van der Waals surface area (Å²) in [4.78, 5) is 37.4. The monoisotopic (exact) mass is 557 g/mol.